The lowest BCUT2D eigenvalue weighted by Gasteiger charge is -2.27. The highest BCUT2D eigenvalue weighted by atomic mass is 35.5. The molecule has 2 unspecified atom stereocenters. The Morgan fingerprint density at radius 3 is 2.57 bits per heavy atom. The van der Waals surface area contributed by atoms with E-state index in [1.807, 2.05) is 0 Å². The molecule has 0 saturated carbocycles. The third-order valence-electron chi connectivity index (χ3n) is 2.68. The topological polar surface area (TPSA) is 26.0 Å². The smallest absolute Gasteiger partial charge is 0.138 e. The van der Waals surface area contributed by atoms with E-state index in [0.29, 0.717) is 17.1 Å². The van der Waals surface area contributed by atoms with Crippen LogP contribution in [0.3, 0.4) is 0 Å². The third-order valence-corrected chi connectivity index (χ3v) is 3.01. The molecule has 0 fully saturated rings. The molecule has 0 aliphatic carbocycles. The monoisotopic (exact) mass is 215 g/mol. The van der Waals surface area contributed by atoms with E-state index in [0.717, 1.165) is 0 Å². The van der Waals surface area contributed by atoms with Gasteiger partial charge in [-0.3, -0.25) is 0 Å². The molecule has 0 amide bonds. The summed E-state index contributed by atoms with van der Waals surface area (Å²) in [5, 5.41) is 0.456. The van der Waals surface area contributed by atoms with E-state index in [1.54, 1.807) is 31.2 Å². The van der Waals surface area contributed by atoms with Crippen LogP contribution in [0, 0.1) is 5.92 Å². The first-order valence-electron chi connectivity index (χ1n) is 4.64. The van der Waals surface area contributed by atoms with Crippen molar-refractivity contribution in [2.45, 2.75) is 19.5 Å². The van der Waals surface area contributed by atoms with Crippen molar-refractivity contribution in [3.63, 3.8) is 0 Å². The maximum Gasteiger partial charge on any atom is 0.138 e. The molecule has 1 rings (SSSR count). The number of benzene rings is 1. The lowest BCUT2D eigenvalue weighted by atomic mass is 9.86. The Morgan fingerprint density at radius 1 is 1.50 bits per heavy atom. The molecule has 0 aliphatic heterocycles. The molecule has 0 heterocycles. The van der Waals surface area contributed by atoms with Gasteiger partial charge in [-0.1, -0.05) is 36.7 Å². The van der Waals surface area contributed by atoms with Crippen molar-refractivity contribution in [2.24, 2.45) is 11.7 Å². The summed E-state index contributed by atoms with van der Waals surface area (Å²) in [4.78, 5) is 0. The minimum atomic E-state index is -1.47. The zero-order valence-electron chi connectivity index (χ0n) is 8.43. The van der Waals surface area contributed by atoms with Crippen LogP contribution in [0.15, 0.2) is 24.3 Å². The van der Waals surface area contributed by atoms with Crippen LogP contribution in [-0.4, -0.2) is 6.54 Å². The van der Waals surface area contributed by atoms with E-state index in [2.05, 4.69) is 0 Å². The number of nitrogens with two attached hydrogens (primary N) is 1. The molecule has 0 radical (unpaired) electrons. The molecule has 2 N–H and O–H groups in total. The molecular weight excluding hydrogens is 201 g/mol. The Hall–Kier alpha value is -0.600. The van der Waals surface area contributed by atoms with Crippen LogP contribution in [0.25, 0.3) is 0 Å². The molecule has 0 saturated heterocycles. The summed E-state index contributed by atoms with van der Waals surface area (Å²) in [7, 11) is 0. The quantitative estimate of drug-likeness (QED) is 0.824. The fraction of sp³-hybridized carbons (Fsp3) is 0.455. The number of halogens is 2. The number of alkyl halides is 1. The standard InChI is InChI=1S/C11H15ClFN/c1-8(7-14)11(2,13)9-5-3-4-6-10(9)12/h3-6,8H,7,14H2,1-2H3. The first kappa shape index (κ1) is 11.5. The number of rotatable bonds is 3. The molecule has 1 aromatic rings. The minimum absolute atomic E-state index is 0.248. The predicted octanol–water partition coefficient (Wildman–Crippen LogP) is 3.12. The molecule has 0 aliphatic rings. The van der Waals surface area contributed by atoms with Crippen molar-refractivity contribution in [2.75, 3.05) is 6.54 Å². The van der Waals surface area contributed by atoms with Crippen molar-refractivity contribution >= 4 is 11.6 Å². The van der Waals surface area contributed by atoms with E-state index in [4.69, 9.17) is 17.3 Å². The summed E-state index contributed by atoms with van der Waals surface area (Å²) in [6.45, 7) is 3.60. The zero-order chi connectivity index (χ0) is 10.8. The van der Waals surface area contributed by atoms with Crippen LogP contribution in [0.1, 0.15) is 19.4 Å². The van der Waals surface area contributed by atoms with Crippen LogP contribution in [0.4, 0.5) is 4.39 Å². The lowest BCUT2D eigenvalue weighted by molar-refractivity contribution is 0.117. The van der Waals surface area contributed by atoms with E-state index in [-0.39, 0.29) is 5.92 Å². The zero-order valence-corrected chi connectivity index (χ0v) is 9.18. The van der Waals surface area contributed by atoms with E-state index in [9.17, 15) is 4.39 Å². The molecule has 0 bridgehead atoms. The Balaban J connectivity index is 3.09. The SMILES string of the molecule is CC(CN)C(C)(F)c1ccccc1Cl. The molecule has 14 heavy (non-hydrogen) atoms. The van der Waals surface area contributed by atoms with Gasteiger partial charge in [-0.25, -0.2) is 4.39 Å². The van der Waals surface area contributed by atoms with Gasteiger partial charge in [0.2, 0.25) is 0 Å². The van der Waals surface area contributed by atoms with Crippen LogP contribution in [0.2, 0.25) is 5.02 Å². The fourth-order valence-corrected chi connectivity index (χ4v) is 1.66. The summed E-state index contributed by atoms with van der Waals surface area (Å²) in [5.41, 5.74) is 4.51. The molecule has 0 spiro atoms. The Morgan fingerprint density at radius 2 is 2.07 bits per heavy atom. The van der Waals surface area contributed by atoms with E-state index in [1.165, 1.54) is 6.92 Å². The lowest BCUT2D eigenvalue weighted by Crippen LogP contribution is -2.31. The Labute approximate surface area is 89.1 Å². The van der Waals surface area contributed by atoms with Gasteiger partial charge >= 0.3 is 0 Å². The normalized spacial score (nSPS) is 17.5. The van der Waals surface area contributed by atoms with Gasteiger partial charge in [0, 0.05) is 16.5 Å². The predicted molar refractivity (Wildman–Crippen MR) is 58.1 cm³/mol. The summed E-state index contributed by atoms with van der Waals surface area (Å²) >= 11 is 5.93. The molecule has 78 valence electrons. The van der Waals surface area contributed by atoms with Crippen molar-refractivity contribution in [1.82, 2.24) is 0 Å². The number of hydrogen-bond acceptors (Lipinski definition) is 1. The second-order valence-corrected chi connectivity index (χ2v) is 4.10. The van der Waals surface area contributed by atoms with Gasteiger partial charge in [-0.15, -0.1) is 0 Å². The van der Waals surface area contributed by atoms with Gasteiger partial charge in [0.15, 0.2) is 0 Å². The third kappa shape index (κ3) is 2.07. The Kier molecular flexibility index (Phi) is 3.51. The van der Waals surface area contributed by atoms with Crippen LogP contribution in [-0.2, 0) is 5.67 Å². The largest absolute Gasteiger partial charge is 0.330 e. The van der Waals surface area contributed by atoms with Gasteiger partial charge in [0.1, 0.15) is 5.67 Å². The molecule has 0 aromatic heterocycles. The van der Waals surface area contributed by atoms with Crippen LogP contribution < -0.4 is 5.73 Å². The summed E-state index contributed by atoms with van der Waals surface area (Å²) in [6.07, 6.45) is 0. The second-order valence-electron chi connectivity index (χ2n) is 3.69. The molecular formula is C11H15ClFN. The van der Waals surface area contributed by atoms with Crippen molar-refractivity contribution in [1.29, 1.82) is 0 Å². The van der Waals surface area contributed by atoms with Gasteiger partial charge < -0.3 is 5.73 Å². The molecule has 2 atom stereocenters. The van der Waals surface area contributed by atoms with Crippen molar-refractivity contribution in [3.05, 3.63) is 34.9 Å². The highest BCUT2D eigenvalue weighted by molar-refractivity contribution is 6.31. The van der Waals surface area contributed by atoms with Gasteiger partial charge in [0.25, 0.3) is 0 Å². The van der Waals surface area contributed by atoms with Gasteiger partial charge in [-0.05, 0) is 19.5 Å². The maximum atomic E-state index is 14.3. The first-order chi connectivity index (χ1) is 6.50. The number of hydrogen-bond donors (Lipinski definition) is 1. The summed E-state index contributed by atoms with van der Waals surface area (Å²) in [5.74, 6) is -0.248. The minimum Gasteiger partial charge on any atom is -0.330 e. The first-order valence-corrected chi connectivity index (χ1v) is 5.02. The fourth-order valence-electron chi connectivity index (χ4n) is 1.34. The van der Waals surface area contributed by atoms with E-state index < -0.39 is 5.67 Å². The average molecular weight is 216 g/mol. The molecule has 1 aromatic carbocycles. The average Bonchev–Trinajstić information content (AvgIpc) is 2.17. The summed E-state index contributed by atoms with van der Waals surface area (Å²) < 4.78 is 14.3. The Bertz CT molecular complexity index is 312. The van der Waals surface area contributed by atoms with Crippen molar-refractivity contribution in [3.8, 4) is 0 Å². The van der Waals surface area contributed by atoms with Crippen LogP contribution >= 0.6 is 11.6 Å². The highest BCUT2D eigenvalue weighted by Gasteiger charge is 2.33. The van der Waals surface area contributed by atoms with E-state index >= 15 is 0 Å². The highest BCUT2D eigenvalue weighted by Crippen LogP contribution is 2.37. The van der Waals surface area contributed by atoms with Gasteiger partial charge in [0.05, 0.1) is 0 Å². The van der Waals surface area contributed by atoms with Gasteiger partial charge in [-0.2, -0.15) is 0 Å². The van der Waals surface area contributed by atoms with Crippen LogP contribution in [0.5, 0.6) is 0 Å². The maximum absolute atomic E-state index is 14.3. The molecule has 3 heteroatoms. The second kappa shape index (κ2) is 4.28. The molecule has 1 nitrogen and oxygen atoms in total. The summed E-state index contributed by atoms with van der Waals surface area (Å²) in [6, 6.07) is 6.96. The van der Waals surface area contributed by atoms with Crippen molar-refractivity contribution < 1.29 is 4.39 Å².